The van der Waals surface area contributed by atoms with E-state index in [9.17, 15) is 0 Å². The third-order valence-corrected chi connectivity index (χ3v) is 3.66. The molecule has 16 heavy (non-hydrogen) atoms. The molecule has 1 fully saturated rings. The van der Waals surface area contributed by atoms with Crippen LogP contribution < -0.4 is 4.90 Å². The first kappa shape index (κ1) is 11.3. The van der Waals surface area contributed by atoms with Crippen molar-refractivity contribution in [1.29, 1.82) is 0 Å². The van der Waals surface area contributed by atoms with Gasteiger partial charge in [-0.2, -0.15) is 0 Å². The Bertz CT molecular complexity index is 333. The second-order valence-electron chi connectivity index (χ2n) is 4.70. The van der Waals surface area contributed by atoms with Crippen LogP contribution in [0.5, 0.6) is 0 Å². The van der Waals surface area contributed by atoms with E-state index >= 15 is 0 Å². The molecule has 1 nitrogen and oxygen atoms in total. The Morgan fingerprint density at radius 3 is 2.31 bits per heavy atom. The van der Waals surface area contributed by atoms with Gasteiger partial charge in [0.15, 0.2) is 0 Å². The van der Waals surface area contributed by atoms with Crippen LogP contribution >= 0.6 is 0 Å². The molecule has 0 saturated heterocycles. The lowest BCUT2D eigenvalue weighted by atomic mass is 9.94. The highest BCUT2D eigenvalue weighted by Crippen LogP contribution is 2.26. The zero-order valence-corrected chi connectivity index (χ0v) is 10.2. The number of benzene rings is 1. The smallest absolute Gasteiger partial charge is 0.0366 e. The maximum absolute atomic E-state index is 3.78. The van der Waals surface area contributed by atoms with Crippen LogP contribution in [0.2, 0.25) is 0 Å². The van der Waals surface area contributed by atoms with Gasteiger partial charge in [-0.3, -0.25) is 0 Å². The van der Waals surface area contributed by atoms with E-state index in [0.29, 0.717) is 0 Å². The summed E-state index contributed by atoms with van der Waals surface area (Å²) >= 11 is 0. The van der Waals surface area contributed by atoms with Gasteiger partial charge in [0.1, 0.15) is 0 Å². The highest BCUT2D eigenvalue weighted by Gasteiger charge is 2.17. The summed E-state index contributed by atoms with van der Waals surface area (Å²) in [6.07, 6.45) is 8.78. The van der Waals surface area contributed by atoms with Crippen LogP contribution in [0.3, 0.4) is 0 Å². The molecule has 0 amide bonds. The third-order valence-electron chi connectivity index (χ3n) is 3.66. The highest BCUT2D eigenvalue weighted by atomic mass is 15.1. The Morgan fingerprint density at radius 1 is 1.12 bits per heavy atom. The average Bonchev–Trinajstić information content (AvgIpc) is 2.39. The lowest BCUT2D eigenvalue weighted by molar-refractivity contribution is 0.427. The van der Waals surface area contributed by atoms with E-state index < -0.39 is 0 Å². The second kappa shape index (κ2) is 5.20. The van der Waals surface area contributed by atoms with Gasteiger partial charge < -0.3 is 4.90 Å². The van der Waals surface area contributed by atoms with E-state index in [4.69, 9.17) is 0 Å². The van der Waals surface area contributed by atoms with Crippen molar-refractivity contribution in [2.24, 2.45) is 0 Å². The molecule has 0 aliphatic heterocycles. The number of hydrogen-bond donors (Lipinski definition) is 0. The van der Waals surface area contributed by atoms with Crippen molar-refractivity contribution in [3.8, 4) is 0 Å². The predicted octanol–water partition coefficient (Wildman–Crippen LogP) is 4.10. The molecule has 1 heteroatoms. The van der Waals surface area contributed by atoms with Crippen molar-refractivity contribution in [2.45, 2.75) is 38.1 Å². The number of rotatable bonds is 3. The minimum Gasteiger partial charge on any atom is -0.372 e. The lowest BCUT2D eigenvalue weighted by Gasteiger charge is -2.33. The van der Waals surface area contributed by atoms with Crippen molar-refractivity contribution in [2.75, 3.05) is 11.9 Å². The second-order valence-corrected chi connectivity index (χ2v) is 4.70. The van der Waals surface area contributed by atoms with Crippen LogP contribution in [0.25, 0.3) is 6.08 Å². The first-order chi connectivity index (χ1) is 7.81. The fraction of sp³-hybridized carbons (Fsp3) is 0.467. The molecule has 0 heterocycles. The van der Waals surface area contributed by atoms with Crippen molar-refractivity contribution < 1.29 is 0 Å². The Labute approximate surface area is 98.8 Å². The molecule has 0 radical (unpaired) electrons. The Hall–Kier alpha value is -1.24. The molecule has 86 valence electrons. The van der Waals surface area contributed by atoms with Crippen molar-refractivity contribution in [1.82, 2.24) is 0 Å². The van der Waals surface area contributed by atoms with Crippen molar-refractivity contribution in [3.05, 3.63) is 36.4 Å². The molecule has 1 aromatic carbocycles. The van der Waals surface area contributed by atoms with Gasteiger partial charge in [-0.15, -0.1) is 0 Å². The summed E-state index contributed by atoms with van der Waals surface area (Å²) in [7, 11) is 2.22. The van der Waals surface area contributed by atoms with Crippen LogP contribution in [-0.2, 0) is 0 Å². The SMILES string of the molecule is C=Cc1ccc(N(C)C2CCCCC2)cc1. The zero-order valence-electron chi connectivity index (χ0n) is 10.2. The number of hydrogen-bond acceptors (Lipinski definition) is 1. The Kier molecular flexibility index (Phi) is 3.66. The molecule has 0 atom stereocenters. The molecule has 1 aromatic rings. The van der Waals surface area contributed by atoms with Gasteiger partial charge in [0, 0.05) is 18.8 Å². The van der Waals surface area contributed by atoms with Gasteiger partial charge in [0.05, 0.1) is 0 Å². The van der Waals surface area contributed by atoms with Crippen LogP contribution in [0.4, 0.5) is 5.69 Å². The van der Waals surface area contributed by atoms with Crippen LogP contribution in [-0.4, -0.2) is 13.1 Å². The maximum atomic E-state index is 3.78. The van der Waals surface area contributed by atoms with Gasteiger partial charge >= 0.3 is 0 Å². The van der Waals surface area contributed by atoms with Crippen LogP contribution in [0, 0.1) is 0 Å². The molecule has 1 saturated carbocycles. The van der Waals surface area contributed by atoms with Gasteiger partial charge in [-0.1, -0.05) is 44.1 Å². The van der Waals surface area contributed by atoms with E-state index in [1.165, 1.54) is 43.4 Å². The standard InChI is InChI=1S/C15H21N/c1-3-13-9-11-15(12-10-13)16(2)14-7-5-4-6-8-14/h3,9-12,14H,1,4-8H2,2H3. The van der Waals surface area contributed by atoms with Gasteiger partial charge in [-0.25, -0.2) is 0 Å². The topological polar surface area (TPSA) is 3.24 Å². The molecule has 1 aliphatic carbocycles. The third kappa shape index (κ3) is 2.46. The number of anilines is 1. The summed E-state index contributed by atoms with van der Waals surface area (Å²) in [6.45, 7) is 3.78. The quantitative estimate of drug-likeness (QED) is 0.733. The van der Waals surface area contributed by atoms with E-state index in [1.54, 1.807) is 0 Å². The fourth-order valence-electron chi connectivity index (χ4n) is 2.52. The summed E-state index contributed by atoms with van der Waals surface area (Å²) in [5.74, 6) is 0. The molecule has 0 N–H and O–H groups in total. The van der Waals surface area contributed by atoms with Crippen LogP contribution in [0.1, 0.15) is 37.7 Å². The fourth-order valence-corrected chi connectivity index (χ4v) is 2.52. The molecule has 1 aliphatic rings. The van der Waals surface area contributed by atoms with E-state index in [-0.39, 0.29) is 0 Å². The minimum atomic E-state index is 0.739. The normalized spacial score (nSPS) is 17.1. The molecule has 0 aromatic heterocycles. The molecular weight excluding hydrogens is 194 g/mol. The molecule has 0 bridgehead atoms. The van der Waals surface area contributed by atoms with Gasteiger partial charge in [0.2, 0.25) is 0 Å². The molecule has 0 spiro atoms. The minimum absolute atomic E-state index is 0.739. The zero-order chi connectivity index (χ0) is 11.4. The average molecular weight is 215 g/mol. The lowest BCUT2D eigenvalue weighted by Crippen LogP contribution is -2.33. The number of nitrogens with zero attached hydrogens (tertiary/aromatic N) is 1. The van der Waals surface area contributed by atoms with Crippen molar-refractivity contribution in [3.63, 3.8) is 0 Å². The molecule has 2 rings (SSSR count). The molecule has 0 unspecified atom stereocenters. The van der Waals surface area contributed by atoms with Crippen molar-refractivity contribution >= 4 is 11.8 Å². The first-order valence-electron chi connectivity index (χ1n) is 6.26. The van der Waals surface area contributed by atoms with Gasteiger partial charge in [0.25, 0.3) is 0 Å². The van der Waals surface area contributed by atoms with Crippen LogP contribution in [0.15, 0.2) is 30.8 Å². The first-order valence-corrected chi connectivity index (χ1v) is 6.26. The van der Waals surface area contributed by atoms with E-state index in [2.05, 4.69) is 42.8 Å². The van der Waals surface area contributed by atoms with E-state index in [1.807, 2.05) is 6.08 Å². The van der Waals surface area contributed by atoms with Gasteiger partial charge in [-0.05, 0) is 30.5 Å². The summed E-state index contributed by atoms with van der Waals surface area (Å²) in [5, 5.41) is 0. The van der Waals surface area contributed by atoms with E-state index in [0.717, 1.165) is 6.04 Å². The Balaban J connectivity index is 2.06. The highest BCUT2D eigenvalue weighted by molar-refractivity contribution is 5.54. The summed E-state index contributed by atoms with van der Waals surface area (Å²) < 4.78 is 0. The summed E-state index contributed by atoms with van der Waals surface area (Å²) in [4.78, 5) is 2.44. The molecular formula is C15H21N. The summed E-state index contributed by atoms with van der Waals surface area (Å²) in [6, 6.07) is 9.42. The monoisotopic (exact) mass is 215 g/mol. The maximum Gasteiger partial charge on any atom is 0.0366 e. The largest absolute Gasteiger partial charge is 0.372 e. The Morgan fingerprint density at radius 2 is 1.75 bits per heavy atom. The predicted molar refractivity (Wildman–Crippen MR) is 71.8 cm³/mol. The summed E-state index contributed by atoms with van der Waals surface area (Å²) in [5.41, 5.74) is 2.53.